The molecule has 3 N–H and O–H groups in total. The minimum atomic E-state index is -3.53. The summed E-state index contributed by atoms with van der Waals surface area (Å²) in [5.41, 5.74) is 0.843. The molecule has 0 radical (unpaired) electrons. The van der Waals surface area contributed by atoms with Crippen molar-refractivity contribution < 1.29 is 13.2 Å². The Bertz CT molecular complexity index is 697. The van der Waals surface area contributed by atoms with Crippen molar-refractivity contribution in [3.63, 3.8) is 0 Å². The van der Waals surface area contributed by atoms with Crippen molar-refractivity contribution in [1.82, 2.24) is 15.4 Å². The van der Waals surface area contributed by atoms with Crippen molar-refractivity contribution >= 4 is 40.0 Å². The van der Waals surface area contributed by atoms with Gasteiger partial charge < -0.3 is 15.4 Å². The third kappa shape index (κ3) is 7.37. The lowest BCUT2D eigenvalue weighted by atomic mass is 10.2. The van der Waals surface area contributed by atoms with E-state index in [0.29, 0.717) is 25.1 Å². The van der Waals surface area contributed by atoms with E-state index in [9.17, 15) is 8.42 Å². The summed E-state index contributed by atoms with van der Waals surface area (Å²) >= 11 is 0. The van der Waals surface area contributed by atoms with Gasteiger partial charge >= 0.3 is 0 Å². The number of hydrogen-bond donors (Lipinski definition) is 3. The van der Waals surface area contributed by atoms with Crippen LogP contribution in [0.5, 0.6) is 0 Å². The van der Waals surface area contributed by atoms with Gasteiger partial charge in [-0.05, 0) is 37.0 Å². The van der Waals surface area contributed by atoms with Gasteiger partial charge in [0.15, 0.2) is 5.96 Å². The second-order valence-electron chi connectivity index (χ2n) is 6.20. The molecule has 1 saturated carbocycles. The predicted molar refractivity (Wildman–Crippen MR) is 114 cm³/mol. The van der Waals surface area contributed by atoms with E-state index in [0.717, 1.165) is 24.5 Å². The quantitative estimate of drug-likeness (QED) is 0.210. The summed E-state index contributed by atoms with van der Waals surface area (Å²) in [6.07, 6.45) is 1.16. The molecule has 148 valence electrons. The van der Waals surface area contributed by atoms with Gasteiger partial charge in [-0.3, -0.25) is 0 Å². The van der Waals surface area contributed by atoms with Gasteiger partial charge in [0, 0.05) is 26.2 Å². The third-order valence-electron chi connectivity index (χ3n) is 4.00. The summed E-state index contributed by atoms with van der Waals surface area (Å²) in [7, 11) is -2.00. The first-order valence-electron chi connectivity index (χ1n) is 8.58. The number of hydrogen-bond acceptors (Lipinski definition) is 4. The van der Waals surface area contributed by atoms with Crippen LogP contribution in [0.4, 0.5) is 0 Å². The molecule has 1 aromatic rings. The Morgan fingerprint density at radius 1 is 1.38 bits per heavy atom. The number of guanidine groups is 1. The number of sulfonamides is 1. The number of nitrogens with zero attached hydrogens (tertiary/aromatic N) is 1. The normalized spacial score (nSPS) is 19.6. The van der Waals surface area contributed by atoms with E-state index >= 15 is 0 Å². The minimum Gasteiger partial charge on any atom is -0.383 e. The third-order valence-corrected chi connectivity index (χ3v) is 5.46. The van der Waals surface area contributed by atoms with E-state index in [1.165, 1.54) is 7.11 Å². The Balaban J connectivity index is 0.00000338. The van der Waals surface area contributed by atoms with Gasteiger partial charge in [-0.2, -0.15) is 0 Å². The van der Waals surface area contributed by atoms with Gasteiger partial charge in [0.1, 0.15) is 0 Å². The van der Waals surface area contributed by atoms with E-state index in [1.54, 1.807) is 18.2 Å². The van der Waals surface area contributed by atoms with E-state index in [4.69, 9.17) is 4.74 Å². The predicted octanol–water partition coefficient (Wildman–Crippen LogP) is 1.69. The second kappa shape index (κ2) is 11.1. The molecule has 0 heterocycles. The number of halogens is 1. The average Bonchev–Trinajstić information content (AvgIpc) is 3.28. The van der Waals surface area contributed by atoms with Gasteiger partial charge in [0.2, 0.25) is 10.0 Å². The van der Waals surface area contributed by atoms with Crippen molar-refractivity contribution in [2.75, 3.05) is 26.8 Å². The number of benzene rings is 1. The highest BCUT2D eigenvalue weighted by atomic mass is 127. The number of aliphatic imine (C=N–C) groups is 1. The van der Waals surface area contributed by atoms with Gasteiger partial charge in [-0.25, -0.2) is 18.1 Å². The maximum Gasteiger partial charge on any atom is 0.240 e. The summed E-state index contributed by atoms with van der Waals surface area (Å²) in [5, 5.41) is 6.60. The lowest BCUT2D eigenvalue weighted by molar-refractivity contribution is 0.204. The van der Waals surface area contributed by atoms with Crippen LogP contribution in [0, 0.1) is 5.92 Å². The topological polar surface area (TPSA) is 91.8 Å². The molecule has 1 aromatic carbocycles. The van der Waals surface area contributed by atoms with E-state index in [-0.39, 0.29) is 35.4 Å². The van der Waals surface area contributed by atoms with Crippen LogP contribution >= 0.6 is 24.0 Å². The molecule has 1 aliphatic carbocycles. The summed E-state index contributed by atoms with van der Waals surface area (Å²) in [5.74, 6) is 1.44. The van der Waals surface area contributed by atoms with Gasteiger partial charge in [0.25, 0.3) is 0 Å². The average molecular weight is 496 g/mol. The van der Waals surface area contributed by atoms with Crippen LogP contribution in [0.1, 0.15) is 25.8 Å². The minimum absolute atomic E-state index is 0. The molecular weight excluding hydrogens is 467 g/mol. The molecule has 0 saturated heterocycles. The first kappa shape index (κ1) is 23.1. The molecule has 7 nitrogen and oxygen atoms in total. The van der Waals surface area contributed by atoms with Crippen LogP contribution in [0.3, 0.4) is 0 Å². The monoisotopic (exact) mass is 496 g/mol. The SMILES string of the molecule is CCNC(=NCc1cccc(S(=O)(=O)NCCOC)c1)NC1CC1C.I. The molecule has 1 aliphatic rings. The molecule has 2 rings (SSSR count). The number of nitrogens with one attached hydrogen (secondary N) is 3. The Morgan fingerprint density at radius 3 is 2.73 bits per heavy atom. The molecule has 2 atom stereocenters. The Labute approximate surface area is 173 Å². The molecular formula is C17H29IN4O3S. The van der Waals surface area contributed by atoms with Gasteiger partial charge in [-0.15, -0.1) is 24.0 Å². The van der Waals surface area contributed by atoms with Crippen molar-refractivity contribution in [1.29, 1.82) is 0 Å². The van der Waals surface area contributed by atoms with Crippen LogP contribution in [0.2, 0.25) is 0 Å². The zero-order chi connectivity index (χ0) is 18.3. The molecule has 9 heteroatoms. The van der Waals surface area contributed by atoms with Gasteiger partial charge in [0.05, 0.1) is 18.0 Å². The highest BCUT2D eigenvalue weighted by molar-refractivity contribution is 14.0. The van der Waals surface area contributed by atoms with Crippen molar-refractivity contribution in [3.8, 4) is 0 Å². The first-order chi connectivity index (χ1) is 12.0. The molecule has 2 unspecified atom stereocenters. The van der Waals surface area contributed by atoms with Crippen LogP contribution in [0.15, 0.2) is 34.2 Å². The molecule has 0 aliphatic heterocycles. The number of rotatable bonds is 9. The lowest BCUT2D eigenvalue weighted by Crippen LogP contribution is -2.39. The molecule has 0 bridgehead atoms. The summed E-state index contributed by atoms with van der Waals surface area (Å²) in [4.78, 5) is 4.80. The summed E-state index contributed by atoms with van der Waals surface area (Å²) in [6.45, 7) is 6.00. The zero-order valence-electron chi connectivity index (χ0n) is 15.5. The van der Waals surface area contributed by atoms with Crippen LogP contribution in [-0.2, 0) is 21.3 Å². The van der Waals surface area contributed by atoms with E-state index < -0.39 is 10.0 Å². The fraction of sp³-hybridized carbons (Fsp3) is 0.588. The Kier molecular flexibility index (Phi) is 9.83. The van der Waals surface area contributed by atoms with Crippen molar-refractivity contribution in [3.05, 3.63) is 29.8 Å². The molecule has 0 spiro atoms. The van der Waals surface area contributed by atoms with Crippen molar-refractivity contribution in [2.45, 2.75) is 37.8 Å². The highest BCUT2D eigenvalue weighted by Gasteiger charge is 2.33. The van der Waals surface area contributed by atoms with Crippen molar-refractivity contribution in [2.24, 2.45) is 10.9 Å². The van der Waals surface area contributed by atoms with E-state index in [1.807, 2.05) is 13.0 Å². The Hall–Kier alpha value is -0.910. The van der Waals surface area contributed by atoms with Gasteiger partial charge in [-0.1, -0.05) is 19.1 Å². The fourth-order valence-electron chi connectivity index (χ4n) is 2.36. The molecule has 0 amide bonds. The fourth-order valence-corrected chi connectivity index (χ4v) is 3.44. The number of ether oxygens (including phenoxy) is 1. The van der Waals surface area contributed by atoms with Crippen LogP contribution in [-0.4, -0.2) is 47.2 Å². The molecule has 26 heavy (non-hydrogen) atoms. The standard InChI is InChI=1S/C17H28N4O3S.HI/c1-4-18-17(21-16-10-13(16)2)19-12-14-6-5-7-15(11-14)25(22,23)20-8-9-24-3;/h5-7,11,13,16,20H,4,8-10,12H2,1-3H3,(H2,18,19,21);1H. The summed E-state index contributed by atoms with van der Waals surface area (Å²) in [6, 6.07) is 7.33. The Morgan fingerprint density at radius 2 is 2.12 bits per heavy atom. The summed E-state index contributed by atoms with van der Waals surface area (Å²) < 4.78 is 31.9. The molecule has 1 fully saturated rings. The largest absolute Gasteiger partial charge is 0.383 e. The smallest absolute Gasteiger partial charge is 0.240 e. The number of methoxy groups -OCH3 is 1. The first-order valence-corrected chi connectivity index (χ1v) is 10.1. The lowest BCUT2D eigenvalue weighted by Gasteiger charge is -2.11. The highest BCUT2D eigenvalue weighted by Crippen LogP contribution is 2.28. The second-order valence-corrected chi connectivity index (χ2v) is 7.96. The van der Waals surface area contributed by atoms with Crippen LogP contribution < -0.4 is 15.4 Å². The maximum absolute atomic E-state index is 12.3. The zero-order valence-corrected chi connectivity index (χ0v) is 18.6. The maximum atomic E-state index is 12.3. The van der Waals surface area contributed by atoms with E-state index in [2.05, 4.69) is 27.3 Å². The molecule has 0 aromatic heterocycles. The van der Waals surface area contributed by atoms with Crippen LogP contribution in [0.25, 0.3) is 0 Å².